The van der Waals surface area contributed by atoms with Gasteiger partial charge in [-0.1, -0.05) is 37.3 Å². The van der Waals surface area contributed by atoms with Crippen molar-refractivity contribution in [3.8, 4) is 11.3 Å². The highest BCUT2D eigenvalue weighted by Gasteiger charge is 2.13. The highest BCUT2D eigenvalue weighted by atomic mass is 32.1. The quantitative estimate of drug-likeness (QED) is 0.728. The van der Waals surface area contributed by atoms with Crippen LogP contribution in [0, 0.1) is 0 Å². The van der Waals surface area contributed by atoms with Gasteiger partial charge < -0.3 is 5.32 Å². The van der Waals surface area contributed by atoms with E-state index in [4.69, 9.17) is 0 Å². The van der Waals surface area contributed by atoms with Crippen LogP contribution < -0.4 is 5.32 Å². The van der Waals surface area contributed by atoms with Crippen molar-refractivity contribution in [1.29, 1.82) is 0 Å². The summed E-state index contributed by atoms with van der Waals surface area (Å²) in [6.45, 7) is 2.95. The molecule has 5 heteroatoms. The highest BCUT2D eigenvalue weighted by Crippen LogP contribution is 2.23. The van der Waals surface area contributed by atoms with Crippen LogP contribution in [0.25, 0.3) is 11.3 Å². The van der Waals surface area contributed by atoms with Crippen molar-refractivity contribution in [1.82, 2.24) is 20.5 Å². The summed E-state index contributed by atoms with van der Waals surface area (Å²) in [6, 6.07) is 10.6. The lowest BCUT2D eigenvalue weighted by Crippen LogP contribution is -2.20. The molecule has 0 aliphatic heterocycles. The van der Waals surface area contributed by atoms with E-state index in [0.29, 0.717) is 6.04 Å². The van der Waals surface area contributed by atoms with Crippen LogP contribution in [-0.4, -0.2) is 15.2 Å². The number of rotatable bonds is 6. The maximum atomic E-state index is 4.40. The Balaban J connectivity index is 1.73. The van der Waals surface area contributed by atoms with Crippen molar-refractivity contribution in [2.24, 2.45) is 0 Å². The average Bonchev–Trinajstić information content (AvgIpc) is 3.20. The third kappa shape index (κ3) is 3.20. The molecule has 0 spiro atoms. The van der Waals surface area contributed by atoms with Crippen molar-refractivity contribution in [3.63, 3.8) is 0 Å². The Bertz CT molecular complexity index is 661. The Morgan fingerprint density at radius 3 is 2.86 bits per heavy atom. The number of aromatic amines is 1. The SMILES string of the molecule is CCC(NCc1cn[nH]c1-c1ccccc1)c1nccs1. The summed E-state index contributed by atoms with van der Waals surface area (Å²) < 4.78 is 0. The van der Waals surface area contributed by atoms with Crippen molar-refractivity contribution in [3.05, 3.63) is 58.7 Å². The van der Waals surface area contributed by atoms with E-state index in [9.17, 15) is 0 Å². The molecule has 0 bridgehead atoms. The predicted molar refractivity (Wildman–Crippen MR) is 86.0 cm³/mol. The van der Waals surface area contributed by atoms with Crippen LogP contribution >= 0.6 is 11.3 Å². The van der Waals surface area contributed by atoms with E-state index in [2.05, 4.69) is 39.6 Å². The molecule has 2 aromatic heterocycles. The molecule has 0 saturated heterocycles. The van der Waals surface area contributed by atoms with Gasteiger partial charge in [-0.25, -0.2) is 4.98 Å². The van der Waals surface area contributed by atoms with Crippen LogP contribution in [0.3, 0.4) is 0 Å². The van der Waals surface area contributed by atoms with Crippen LogP contribution in [0.1, 0.15) is 30.0 Å². The van der Waals surface area contributed by atoms with Crippen molar-refractivity contribution >= 4 is 11.3 Å². The lowest BCUT2D eigenvalue weighted by molar-refractivity contribution is 0.517. The number of hydrogen-bond acceptors (Lipinski definition) is 4. The fraction of sp³-hybridized carbons (Fsp3) is 0.250. The third-order valence-corrected chi connectivity index (χ3v) is 4.37. The van der Waals surface area contributed by atoms with Crippen LogP contribution in [-0.2, 0) is 6.54 Å². The summed E-state index contributed by atoms with van der Waals surface area (Å²) in [4.78, 5) is 4.40. The predicted octanol–water partition coefficient (Wildman–Crippen LogP) is 3.77. The number of hydrogen-bond donors (Lipinski definition) is 2. The summed E-state index contributed by atoms with van der Waals surface area (Å²) in [7, 11) is 0. The van der Waals surface area contributed by atoms with Gasteiger partial charge in [0.15, 0.2) is 0 Å². The fourth-order valence-electron chi connectivity index (χ4n) is 2.35. The molecule has 2 heterocycles. The topological polar surface area (TPSA) is 53.6 Å². The zero-order valence-electron chi connectivity index (χ0n) is 11.9. The molecule has 2 N–H and O–H groups in total. The second-order valence-electron chi connectivity index (χ2n) is 4.85. The molecule has 21 heavy (non-hydrogen) atoms. The molecule has 1 atom stereocenters. The second kappa shape index (κ2) is 6.65. The standard InChI is InChI=1S/C16H18N4S/c1-2-14(16-17-8-9-21-16)18-10-13-11-19-20-15(13)12-6-4-3-5-7-12/h3-9,11,14,18H,2,10H2,1H3,(H,19,20). The van der Waals surface area contributed by atoms with Gasteiger partial charge in [-0.3, -0.25) is 5.10 Å². The molecule has 0 radical (unpaired) electrons. The molecule has 1 aromatic carbocycles. The van der Waals surface area contributed by atoms with Crippen LogP contribution in [0.2, 0.25) is 0 Å². The lowest BCUT2D eigenvalue weighted by atomic mass is 10.1. The maximum absolute atomic E-state index is 4.40. The smallest absolute Gasteiger partial charge is 0.109 e. The van der Waals surface area contributed by atoms with Gasteiger partial charge in [0.2, 0.25) is 0 Å². The first kappa shape index (κ1) is 14.0. The Morgan fingerprint density at radius 1 is 1.29 bits per heavy atom. The van der Waals surface area contributed by atoms with Crippen molar-refractivity contribution in [2.75, 3.05) is 0 Å². The van der Waals surface area contributed by atoms with Gasteiger partial charge in [-0.05, 0) is 12.0 Å². The Labute approximate surface area is 128 Å². The molecule has 108 valence electrons. The largest absolute Gasteiger partial charge is 0.304 e. The summed E-state index contributed by atoms with van der Waals surface area (Å²) in [5, 5.41) is 14.0. The number of aromatic nitrogens is 3. The maximum Gasteiger partial charge on any atom is 0.109 e. The average molecular weight is 298 g/mol. The number of thiazole rings is 1. The number of benzene rings is 1. The van der Waals surface area contributed by atoms with Gasteiger partial charge >= 0.3 is 0 Å². The molecule has 0 amide bonds. The molecule has 3 rings (SSSR count). The Kier molecular flexibility index (Phi) is 4.43. The second-order valence-corrected chi connectivity index (χ2v) is 5.77. The minimum Gasteiger partial charge on any atom is -0.304 e. The fourth-order valence-corrected chi connectivity index (χ4v) is 3.14. The van der Waals surface area contributed by atoms with Crippen LogP contribution in [0.4, 0.5) is 0 Å². The molecule has 4 nitrogen and oxygen atoms in total. The van der Waals surface area contributed by atoms with Gasteiger partial charge in [0.05, 0.1) is 17.9 Å². The van der Waals surface area contributed by atoms with Gasteiger partial charge in [0.1, 0.15) is 5.01 Å². The number of H-pyrrole nitrogens is 1. The molecule has 0 fully saturated rings. The Morgan fingerprint density at radius 2 is 2.14 bits per heavy atom. The lowest BCUT2D eigenvalue weighted by Gasteiger charge is -2.14. The number of nitrogens with zero attached hydrogens (tertiary/aromatic N) is 2. The normalized spacial score (nSPS) is 12.4. The van der Waals surface area contributed by atoms with Gasteiger partial charge in [-0.15, -0.1) is 11.3 Å². The van der Waals surface area contributed by atoms with Gasteiger partial charge in [0, 0.05) is 23.7 Å². The Hall–Kier alpha value is -1.98. The molecule has 0 aliphatic carbocycles. The van der Waals surface area contributed by atoms with Gasteiger partial charge in [-0.2, -0.15) is 5.10 Å². The molecular formula is C16H18N4S. The van der Waals surface area contributed by atoms with Crippen LogP contribution in [0.5, 0.6) is 0 Å². The first-order chi connectivity index (χ1) is 10.4. The summed E-state index contributed by atoms with van der Waals surface area (Å²) in [5.41, 5.74) is 3.42. The molecule has 1 unspecified atom stereocenters. The minimum absolute atomic E-state index is 0.295. The summed E-state index contributed by atoms with van der Waals surface area (Å²) >= 11 is 1.70. The van der Waals surface area contributed by atoms with E-state index in [1.807, 2.05) is 36.0 Å². The van der Waals surface area contributed by atoms with E-state index in [-0.39, 0.29) is 0 Å². The van der Waals surface area contributed by atoms with Gasteiger partial charge in [0.25, 0.3) is 0 Å². The monoisotopic (exact) mass is 298 g/mol. The molecule has 0 saturated carbocycles. The minimum atomic E-state index is 0.295. The van der Waals surface area contributed by atoms with E-state index in [1.165, 1.54) is 5.56 Å². The summed E-state index contributed by atoms with van der Waals surface area (Å²) in [5.74, 6) is 0. The van der Waals surface area contributed by atoms with Crippen LogP contribution in [0.15, 0.2) is 48.1 Å². The molecule has 3 aromatic rings. The van der Waals surface area contributed by atoms with E-state index in [0.717, 1.165) is 29.2 Å². The zero-order valence-corrected chi connectivity index (χ0v) is 12.7. The van der Waals surface area contributed by atoms with E-state index < -0.39 is 0 Å². The van der Waals surface area contributed by atoms with E-state index >= 15 is 0 Å². The highest BCUT2D eigenvalue weighted by molar-refractivity contribution is 7.09. The molecular weight excluding hydrogens is 280 g/mol. The zero-order chi connectivity index (χ0) is 14.5. The number of nitrogens with one attached hydrogen (secondary N) is 2. The van der Waals surface area contributed by atoms with Crippen molar-refractivity contribution in [2.45, 2.75) is 25.9 Å². The third-order valence-electron chi connectivity index (χ3n) is 3.48. The first-order valence-electron chi connectivity index (χ1n) is 7.09. The van der Waals surface area contributed by atoms with Crippen molar-refractivity contribution < 1.29 is 0 Å². The van der Waals surface area contributed by atoms with E-state index in [1.54, 1.807) is 11.3 Å². The summed E-state index contributed by atoms with van der Waals surface area (Å²) in [6.07, 6.45) is 4.77. The molecule has 0 aliphatic rings. The first-order valence-corrected chi connectivity index (χ1v) is 7.97.